The van der Waals surface area contributed by atoms with Gasteiger partial charge in [0.25, 0.3) is 0 Å². The third kappa shape index (κ3) is 4.30. The second-order valence-corrected chi connectivity index (χ2v) is 6.56. The van der Waals surface area contributed by atoms with Gasteiger partial charge in [0.1, 0.15) is 5.82 Å². The van der Waals surface area contributed by atoms with Crippen molar-refractivity contribution in [3.63, 3.8) is 0 Å². The van der Waals surface area contributed by atoms with Gasteiger partial charge in [0.15, 0.2) is 0 Å². The number of aromatic nitrogens is 2. The molecule has 0 amide bonds. The van der Waals surface area contributed by atoms with Gasteiger partial charge >= 0.3 is 0 Å². The molecule has 0 aromatic carbocycles. The van der Waals surface area contributed by atoms with Gasteiger partial charge in [-0.2, -0.15) is 0 Å². The lowest BCUT2D eigenvalue weighted by molar-refractivity contribution is 0.224. The topological polar surface area (TPSA) is 84.1 Å². The summed E-state index contributed by atoms with van der Waals surface area (Å²) < 4.78 is 0. The SMILES string of the molecule is NCc1ccc(-c2ccnc(NC3CCCC(CCO)C3)c2)cn1. The zero-order valence-electron chi connectivity index (χ0n) is 14.0. The molecule has 2 aromatic heterocycles. The van der Waals surface area contributed by atoms with E-state index < -0.39 is 0 Å². The number of aliphatic hydroxyl groups excluding tert-OH is 1. The average molecular weight is 326 g/mol. The molecule has 0 radical (unpaired) electrons. The van der Waals surface area contributed by atoms with Crippen LogP contribution in [0.1, 0.15) is 37.8 Å². The van der Waals surface area contributed by atoms with Crippen molar-refractivity contribution in [3.05, 3.63) is 42.4 Å². The number of nitrogens with two attached hydrogens (primary N) is 1. The summed E-state index contributed by atoms with van der Waals surface area (Å²) in [6.07, 6.45) is 9.32. The third-order valence-electron chi connectivity index (χ3n) is 4.80. The Hall–Kier alpha value is -1.98. The molecule has 5 nitrogen and oxygen atoms in total. The van der Waals surface area contributed by atoms with Crippen LogP contribution in [0.15, 0.2) is 36.7 Å². The lowest BCUT2D eigenvalue weighted by Crippen LogP contribution is -2.28. The van der Waals surface area contributed by atoms with E-state index in [0.717, 1.165) is 35.5 Å². The molecule has 0 aliphatic heterocycles. The second-order valence-electron chi connectivity index (χ2n) is 6.56. The van der Waals surface area contributed by atoms with E-state index in [1.54, 1.807) is 0 Å². The largest absolute Gasteiger partial charge is 0.396 e. The fourth-order valence-electron chi connectivity index (χ4n) is 3.48. The molecule has 1 saturated carbocycles. The first kappa shape index (κ1) is 16.9. The summed E-state index contributed by atoms with van der Waals surface area (Å²) in [6.45, 7) is 0.747. The van der Waals surface area contributed by atoms with E-state index in [4.69, 9.17) is 10.8 Å². The highest BCUT2D eigenvalue weighted by Gasteiger charge is 2.21. The third-order valence-corrected chi connectivity index (χ3v) is 4.80. The standard InChI is InChI=1S/C19H26N4O/c20-12-18-5-4-16(13-22-18)15-6-8-21-19(11-15)23-17-3-1-2-14(10-17)7-9-24/h4-6,8,11,13-14,17,24H,1-3,7,9-10,12,20H2,(H,21,23). The van der Waals surface area contributed by atoms with Crippen molar-refractivity contribution in [1.82, 2.24) is 9.97 Å². The van der Waals surface area contributed by atoms with E-state index in [0.29, 0.717) is 18.5 Å². The van der Waals surface area contributed by atoms with Gasteiger partial charge in [-0.3, -0.25) is 4.98 Å². The Morgan fingerprint density at radius 2 is 2.08 bits per heavy atom. The highest BCUT2D eigenvalue weighted by molar-refractivity contribution is 5.65. The Morgan fingerprint density at radius 3 is 2.83 bits per heavy atom. The van der Waals surface area contributed by atoms with Crippen LogP contribution in [0.5, 0.6) is 0 Å². The Morgan fingerprint density at radius 1 is 1.17 bits per heavy atom. The van der Waals surface area contributed by atoms with Gasteiger partial charge in [0, 0.05) is 37.2 Å². The molecule has 1 fully saturated rings. The molecule has 0 spiro atoms. The van der Waals surface area contributed by atoms with Gasteiger partial charge in [-0.05, 0) is 48.9 Å². The zero-order chi connectivity index (χ0) is 16.8. The van der Waals surface area contributed by atoms with Crippen molar-refractivity contribution in [2.75, 3.05) is 11.9 Å². The maximum Gasteiger partial charge on any atom is 0.126 e. The Bertz CT molecular complexity index is 642. The molecule has 2 atom stereocenters. The van der Waals surface area contributed by atoms with Gasteiger partial charge in [-0.1, -0.05) is 18.9 Å². The van der Waals surface area contributed by atoms with E-state index in [1.807, 2.05) is 30.6 Å². The van der Waals surface area contributed by atoms with Crippen molar-refractivity contribution in [3.8, 4) is 11.1 Å². The predicted molar refractivity (Wildman–Crippen MR) is 96.4 cm³/mol. The molecule has 2 aromatic rings. The van der Waals surface area contributed by atoms with E-state index in [9.17, 15) is 0 Å². The first-order chi connectivity index (χ1) is 11.8. The van der Waals surface area contributed by atoms with E-state index in [1.165, 1.54) is 19.3 Å². The number of nitrogens with zero attached hydrogens (tertiary/aromatic N) is 2. The van der Waals surface area contributed by atoms with Crippen molar-refractivity contribution >= 4 is 5.82 Å². The molecular weight excluding hydrogens is 300 g/mol. The molecule has 2 unspecified atom stereocenters. The predicted octanol–water partition coefficient (Wildman–Crippen LogP) is 2.96. The molecule has 3 rings (SSSR count). The Labute approximate surface area is 143 Å². The number of hydrogen-bond donors (Lipinski definition) is 3. The molecule has 1 aliphatic rings. The van der Waals surface area contributed by atoms with E-state index >= 15 is 0 Å². The first-order valence-electron chi connectivity index (χ1n) is 8.77. The number of anilines is 1. The Kier molecular flexibility index (Phi) is 5.77. The lowest BCUT2D eigenvalue weighted by Gasteiger charge is -2.29. The minimum atomic E-state index is 0.289. The summed E-state index contributed by atoms with van der Waals surface area (Å²) in [5.74, 6) is 1.53. The molecule has 1 aliphatic carbocycles. The summed E-state index contributed by atoms with van der Waals surface area (Å²) in [5, 5.41) is 12.7. The number of hydrogen-bond acceptors (Lipinski definition) is 5. The average Bonchev–Trinajstić information content (AvgIpc) is 2.63. The molecule has 4 N–H and O–H groups in total. The second kappa shape index (κ2) is 8.22. The minimum Gasteiger partial charge on any atom is -0.396 e. The summed E-state index contributed by atoms with van der Waals surface area (Å²) in [6, 6.07) is 8.53. The smallest absolute Gasteiger partial charge is 0.126 e. The highest BCUT2D eigenvalue weighted by Crippen LogP contribution is 2.29. The fourth-order valence-corrected chi connectivity index (χ4v) is 3.48. The van der Waals surface area contributed by atoms with Gasteiger partial charge in [-0.15, -0.1) is 0 Å². The van der Waals surface area contributed by atoms with Crippen molar-refractivity contribution in [1.29, 1.82) is 0 Å². The first-order valence-corrected chi connectivity index (χ1v) is 8.77. The molecule has 24 heavy (non-hydrogen) atoms. The summed E-state index contributed by atoms with van der Waals surface area (Å²) in [7, 11) is 0. The molecule has 5 heteroatoms. The molecule has 0 bridgehead atoms. The van der Waals surface area contributed by atoms with E-state index in [-0.39, 0.29) is 6.61 Å². The molecule has 0 saturated heterocycles. The van der Waals surface area contributed by atoms with Gasteiger partial charge in [0.2, 0.25) is 0 Å². The summed E-state index contributed by atoms with van der Waals surface area (Å²) in [4.78, 5) is 8.82. The monoisotopic (exact) mass is 326 g/mol. The van der Waals surface area contributed by atoms with Gasteiger partial charge in [0.05, 0.1) is 5.69 Å². The number of pyridine rings is 2. The number of nitrogens with one attached hydrogen (secondary N) is 1. The quantitative estimate of drug-likeness (QED) is 0.760. The van der Waals surface area contributed by atoms with Crippen LogP contribution >= 0.6 is 0 Å². The number of rotatable bonds is 6. The highest BCUT2D eigenvalue weighted by atomic mass is 16.3. The van der Waals surface area contributed by atoms with Crippen LogP contribution in [-0.4, -0.2) is 27.7 Å². The number of aliphatic hydroxyl groups is 1. The van der Waals surface area contributed by atoms with Crippen molar-refractivity contribution in [2.24, 2.45) is 11.7 Å². The molecule has 2 heterocycles. The molecule has 128 valence electrons. The van der Waals surface area contributed by atoms with Crippen molar-refractivity contribution in [2.45, 2.75) is 44.7 Å². The summed E-state index contributed by atoms with van der Waals surface area (Å²) in [5.41, 5.74) is 8.67. The maximum absolute atomic E-state index is 9.15. The van der Waals surface area contributed by atoms with Crippen LogP contribution in [0.25, 0.3) is 11.1 Å². The zero-order valence-corrected chi connectivity index (χ0v) is 14.0. The Balaban J connectivity index is 1.68. The van der Waals surface area contributed by atoms with Crippen LogP contribution in [0.2, 0.25) is 0 Å². The van der Waals surface area contributed by atoms with Crippen LogP contribution in [0.3, 0.4) is 0 Å². The summed E-state index contributed by atoms with van der Waals surface area (Å²) >= 11 is 0. The minimum absolute atomic E-state index is 0.289. The van der Waals surface area contributed by atoms with Crippen LogP contribution in [-0.2, 0) is 6.54 Å². The van der Waals surface area contributed by atoms with E-state index in [2.05, 4.69) is 21.4 Å². The van der Waals surface area contributed by atoms with Gasteiger partial charge in [-0.25, -0.2) is 4.98 Å². The van der Waals surface area contributed by atoms with Crippen molar-refractivity contribution < 1.29 is 5.11 Å². The normalized spacial score (nSPS) is 20.8. The van der Waals surface area contributed by atoms with Crippen LogP contribution < -0.4 is 11.1 Å². The van der Waals surface area contributed by atoms with Gasteiger partial charge < -0.3 is 16.2 Å². The fraction of sp³-hybridized carbons (Fsp3) is 0.474. The molecular formula is C19H26N4O. The van der Waals surface area contributed by atoms with Crippen LogP contribution in [0, 0.1) is 5.92 Å². The van der Waals surface area contributed by atoms with Crippen LogP contribution in [0.4, 0.5) is 5.82 Å². The lowest BCUT2D eigenvalue weighted by atomic mass is 9.84. The maximum atomic E-state index is 9.15.